The van der Waals surface area contributed by atoms with E-state index in [1.54, 1.807) is 23.1 Å². The Balaban J connectivity index is 1.45. The summed E-state index contributed by atoms with van der Waals surface area (Å²) in [6.07, 6.45) is 3.37. The van der Waals surface area contributed by atoms with Gasteiger partial charge in [0.15, 0.2) is 0 Å². The molecule has 3 N–H and O–H groups in total. The lowest BCUT2D eigenvalue weighted by atomic mass is 9.96. The fourth-order valence-electron chi connectivity index (χ4n) is 3.89. The first kappa shape index (κ1) is 21.5. The minimum Gasteiger partial charge on any atom is -0.368 e. The Labute approximate surface area is 184 Å². The predicted octanol–water partition coefficient (Wildman–Crippen LogP) is 2.07. The van der Waals surface area contributed by atoms with Gasteiger partial charge in [0.1, 0.15) is 5.82 Å². The molecule has 0 spiro atoms. The molecule has 1 aliphatic rings. The molecule has 4 rings (SSSR count). The summed E-state index contributed by atoms with van der Waals surface area (Å²) < 4.78 is 15.9. The van der Waals surface area contributed by atoms with Gasteiger partial charge in [-0.05, 0) is 30.2 Å². The molecule has 0 bridgehead atoms. The van der Waals surface area contributed by atoms with Crippen molar-refractivity contribution >= 4 is 17.5 Å². The van der Waals surface area contributed by atoms with Crippen molar-refractivity contribution in [2.45, 2.75) is 12.0 Å². The second-order valence-corrected chi connectivity index (χ2v) is 7.61. The van der Waals surface area contributed by atoms with E-state index in [4.69, 9.17) is 5.73 Å². The monoisotopic (exact) mass is 433 g/mol. The topological polar surface area (TPSA) is 97.4 Å². The number of nitrogens with one attached hydrogen (secondary N) is 1. The third-order valence-corrected chi connectivity index (χ3v) is 5.43. The maximum Gasteiger partial charge on any atom is 0.255 e. The molecule has 1 aromatic heterocycles. The Morgan fingerprint density at radius 1 is 1.06 bits per heavy atom. The molecule has 2 heterocycles. The van der Waals surface area contributed by atoms with Gasteiger partial charge in [-0.15, -0.1) is 0 Å². The minimum atomic E-state index is -0.692. The van der Waals surface area contributed by atoms with Crippen LogP contribution in [0.3, 0.4) is 0 Å². The van der Waals surface area contributed by atoms with Crippen LogP contribution in [0.15, 0.2) is 77.7 Å². The molecule has 32 heavy (non-hydrogen) atoms. The highest BCUT2D eigenvalue weighted by Crippen LogP contribution is 2.30. The minimum absolute atomic E-state index is 0.0128. The fourth-order valence-corrected chi connectivity index (χ4v) is 3.89. The zero-order valence-electron chi connectivity index (χ0n) is 17.1. The number of aromatic nitrogens is 1. The molecule has 3 aromatic rings. The molecule has 2 aromatic carbocycles. The summed E-state index contributed by atoms with van der Waals surface area (Å²) in [6, 6.07) is 17.7. The highest BCUT2D eigenvalue weighted by atomic mass is 19.1. The number of benzene rings is 2. The van der Waals surface area contributed by atoms with Crippen LogP contribution in [0.5, 0.6) is 0 Å². The summed E-state index contributed by atoms with van der Waals surface area (Å²) in [5.41, 5.74) is 6.60. The second kappa shape index (κ2) is 9.15. The van der Waals surface area contributed by atoms with E-state index in [0.29, 0.717) is 12.2 Å². The van der Waals surface area contributed by atoms with Crippen LogP contribution in [-0.2, 0) is 9.59 Å². The SMILES string of the molecule is NC(=O)C1[CH]C(c2ccccc2)CN1CC(=O)Nc1ccc(-n2ccccc2=O)cc1F. The zero-order chi connectivity index (χ0) is 22.7. The van der Waals surface area contributed by atoms with Crippen molar-refractivity contribution in [3.8, 4) is 5.69 Å². The van der Waals surface area contributed by atoms with Crippen LogP contribution in [0.1, 0.15) is 11.5 Å². The largest absolute Gasteiger partial charge is 0.368 e. The van der Waals surface area contributed by atoms with Crippen LogP contribution in [0.4, 0.5) is 10.1 Å². The Morgan fingerprint density at radius 3 is 2.50 bits per heavy atom. The average molecular weight is 433 g/mol. The Hall–Kier alpha value is -3.78. The molecule has 2 atom stereocenters. The molecule has 2 amide bonds. The van der Waals surface area contributed by atoms with Crippen LogP contribution in [0, 0.1) is 12.2 Å². The van der Waals surface area contributed by atoms with E-state index < -0.39 is 23.7 Å². The second-order valence-electron chi connectivity index (χ2n) is 7.61. The van der Waals surface area contributed by atoms with Crippen molar-refractivity contribution in [2.24, 2.45) is 5.73 Å². The molecule has 2 unspecified atom stereocenters. The number of rotatable bonds is 6. The Bertz CT molecular complexity index is 1200. The molecular weight excluding hydrogens is 411 g/mol. The maximum atomic E-state index is 14.6. The van der Waals surface area contributed by atoms with Crippen molar-refractivity contribution in [1.82, 2.24) is 9.47 Å². The van der Waals surface area contributed by atoms with Gasteiger partial charge in [0.25, 0.3) is 5.56 Å². The predicted molar refractivity (Wildman–Crippen MR) is 119 cm³/mol. The molecule has 163 valence electrons. The molecule has 1 aliphatic heterocycles. The number of halogens is 1. The van der Waals surface area contributed by atoms with E-state index in [9.17, 15) is 18.8 Å². The number of hydrogen-bond donors (Lipinski definition) is 2. The summed E-state index contributed by atoms with van der Waals surface area (Å²) in [5.74, 6) is -1.73. The number of anilines is 1. The quantitative estimate of drug-likeness (QED) is 0.622. The molecular formula is C24H22FN4O3. The van der Waals surface area contributed by atoms with Crippen molar-refractivity contribution in [3.05, 3.63) is 101 Å². The van der Waals surface area contributed by atoms with Crippen LogP contribution in [-0.4, -0.2) is 40.4 Å². The molecule has 7 nitrogen and oxygen atoms in total. The van der Waals surface area contributed by atoms with Gasteiger partial charge in [-0.2, -0.15) is 0 Å². The van der Waals surface area contributed by atoms with E-state index in [1.165, 1.54) is 29.0 Å². The van der Waals surface area contributed by atoms with E-state index in [-0.39, 0.29) is 23.7 Å². The van der Waals surface area contributed by atoms with E-state index in [1.807, 2.05) is 36.8 Å². The first-order valence-corrected chi connectivity index (χ1v) is 10.1. The summed E-state index contributed by atoms with van der Waals surface area (Å²) in [4.78, 5) is 38.1. The molecule has 8 heteroatoms. The van der Waals surface area contributed by atoms with E-state index in [0.717, 1.165) is 5.56 Å². The number of nitrogens with zero attached hydrogens (tertiary/aromatic N) is 2. The van der Waals surface area contributed by atoms with Crippen molar-refractivity contribution < 1.29 is 14.0 Å². The first-order chi connectivity index (χ1) is 15.4. The van der Waals surface area contributed by atoms with Gasteiger partial charge in [-0.1, -0.05) is 36.4 Å². The number of primary amides is 1. The van der Waals surface area contributed by atoms with Gasteiger partial charge in [-0.3, -0.25) is 23.9 Å². The number of carbonyl (C=O) groups excluding carboxylic acids is 2. The lowest BCUT2D eigenvalue weighted by molar-refractivity contribution is -0.123. The fraction of sp³-hybridized carbons (Fsp3) is 0.167. The highest BCUT2D eigenvalue weighted by Gasteiger charge is 2.37. The number of pyridine rings is 1. The van der Waals surface area contributed by atoms with Crippen molar-refractivity contribution in [2.75, 3.05) is 18.4 Å². The van der Waals surface area contributed by atoms with Crippen molar-refractivity contribution in [3.63, 3.8) is 0 Å². The van der Waals surface area contributed by atoms with Gasteiger partial charge < -0.3 is 11.1 Å². The summed E-state index contributed by atoms with van der Waals surface area (Å²) >= 11 is 0. The number of carbonyl (C=O) groups is 2. The smallest absolute Gasteiger partial charge is 0.255 e. The molecule has 0 saturated carbocycles. The highest BCUT2D eigenvalue weighted by molar-refractivity contribution is 5.93. The summed E-state index contributed by atoms with van der Waals surface area (Å²) in [7, 11) is 0. The van der Waals surface area contributed by atoms with Crippen LogP contribution in [0.25, 0.3) is 5.69 Å². The number of hydrogen-bond acceptors (Lipinski definition) is 4. The van der Waals surface area contributed by atoms with Gasteiger partial charge in [0, 0.05) is 30.8 Å². The van der Waals surface area contributed by atoms with Crippen LogP contribution < -0.4 is 16.6 Å². The molecule has 1 radical (unpaired) electrons. The van der Waals surface area contributed by atoms with Gasteiger partial charge >= 0.3 is 0 Å². The first-order valence-electron chi connectivity index (χ1n) is 10.1. The molecule has 1 fully saturated rings. The van der Waals surface area contributed by atoms with Crippen molar-refractivity contribution in [1.29, 1.82) is 0 Å². The zero-order valence-corrected chi connectivity index (χ0v) is 17.1. The number of likely N-dealkylation sites (tertiary alicyclic amines) is 1. The van der Waals surface area contributed by atoms with E-state index >= 15 is 0 Å². The Morgan fingerprint density at radius 2 is 1.81 bits per heavy atom. The standard InChI is InChI=1S/C24H22FN4O3/c25-19-13-18(29-11-5-4-8-23(29)31)9-10-20(19)27-22(30)15-28-14-17(12-21(28)24(26)32)16-6-2-1-3-7-16/h1-13,17,21H,14-15H2,(H2,26,32)(H,27,30). The third kappa shape index (κ3) is 4.60. The summed E-state index contributed by atoms with van der Waals surface area (Å²) in [6.45, 7) is 0.330. The third-order valence-electron chi connectivity index (χ3n) is 5.43. The van der Waals surface area contributed by atoms with Gasteiger partial charge in [0.2, 0.25) is 11.8 Å². The van der Waals surface area contributed by atoms with Gasteiger partial charge in [-0.25, -0.2) is 4.39 Å². The van der Waals surface area contributed by atoms with E-state index in [2.05, 4.69) is 5.32 Å². The normalized spacial score (nSPS) is 18.4. The average Bonchev–Trinajstić information content (AvgIpc) is 3.20. The lowest BCUT2D eigenvalue weighted by Gasteiger charge is -2.21. The number of amides is 2. The summed E-state index contributed by atoms with van der Waals surface area (Å²) in [5, 5.41) is 2.54. The van der Waals surface area contributed by atoms with Gasteiger partial charge in [0.05, 0.1) is 24.0 Å². The lowest BCUT2D eigenvalue weighted by Crippen LogP contribution is -2.44. The number of nitrogens with two attached hydrogens (primary N) is 1. The molecule has 1 saturated heterocycles. The van der Waals surface area contributed by atoms with Crippen LogP contribution in [0.2, 0.25) is 0 Å². The maximum absolute atomic E-state index is 14.6. The molecule has 0 aliphatic carbocycles. The Kier molecular flexibility index (Phi) is 6.13. The van der Waals surface area contributed by atoms with Crippen LogP contribution >= 0.6 is 0 Å².